The molecule has 0 saturated heterocycles. The van der Waals surface area contributed by atoms with Crippen LogP contribution in [0.2, 0.25) is 5.02 Å². The van der Waals surface area contributed by atoms with E-state index in [4.69, 9.17) is 16.7 Å². The second-order valence-corrected chi connectivity index (χ2v) is 5.24. The van der Waals surface area contributed by atoms with Crippen molar-refractivity contribution in [2.75, 3.05) is 25.0 Å². The molecule has 0 radical (unpaired) electrons. The maximum atomic E-state index is 11.8. The summed E-state index contributed by atoms with van der Waals surface area (Å²) in [6, 6.07) is 7.68. The molecule has 0 spiro atoms. The quantitative estimate of drug-likeness (QED) is 0.805. The summed E-state index contributed by atoms with van der Waals surface area (Å²) in [5.74, 6) is -0.0224. The zero-order valence-electron chi connectivity index (χ0n) is 10.8. The number of carbonyl (C=O) groups is 1. The average molecular weight is 283 g/mol. The molecule has 19 heavy (non-hydrogen) atoms. The number of anilines is 1. The Morgan fingerprint density at radius 1 is 1.42 bits per heavy atom. The first kappa shape index (κ1) is 14.3. The standard InChI is InChI=1S/C14H19ClN2O2/c15-11-2-1-3-12(10-11)16-14(19)6-7-17(8-9-18)13-4-5-13/h1-3,10,13,18H,4-9H2,(H,16,19). The Bertz CT molecular complexity index is 435. The summed E-state index contributed by atoms with van der Waals surface area (Å²) in [6.45, 7) is 1.49. The summed E-state index contributed by atoms with van der Waals surface area (Å²) >= 11 is 5.86. The third kappa shape index (κ3) is 4.82. The fraction of sp³-hybridized carbons (Fsp3) is 0.500. The number of rotatable bonds is 7. The van der Waals surface area contributed by atoms with E-state index < -0.39 is 0 Å². The number of nitrogens with one attached hydrogen (secondary N) is 1. The summed E-state index contributed by atoms with van der Waals surface area (Å²) in [5.41, 5.74) is 0.720. The lowest BCUT2D eigenvalue weighted by atomic mass is 10.3. The summed E-state index contributed by atoms with van der Waals surface area (Å²) in [6.07, 6.45) is 2.79. The van der Waals surface area contributed by atoms with Gasteiger partial charge in [0.1, 0.15) is 0 Å². The van der Waals surface area contributed by atoms with E-state index in [2.05, 4.69) is 10.2 Å². The minimum absolute atomic E-state index is 0.0224. The third-order valence-corrected chi connectivity index (χ3v) is 3.42. The molecule has 1 saturated carbocycles. The predicted molar refractivity (Wildman–Crippen MR) is 76.4 cm³/mol. The SMILES string of the molecule is O=C(CCN(CCO)C1CC1)Nc1cccc(Cl)c1. The fourth-order valence-electron chi connectivity index (χ4n) is 2.08. The van der Waals surface area contributed by atoms with Crippen molar-refractivity contribution in [1.82, 2.24) is 4.90 Å². The van der Waals surface area contributed by atoms with Gasteiger partial charge in [-0.05, 0) is 31.0 Å². The zero-order chi connectivity index (χ0) is 13.7. The molecule has 1 aliphatic rings. The number of aliphatic hydroxyl groups is 1. The van der Waals surface area contributed by atoms with Gasteiger partial charge in [-0.25, -0.2) is 0 Å². The second kappa shape index (κ2) is 6.89. The number of halogens is 1. The molecule has 5 heteroatoms. The molecule has 2 rings (SSSR count). The van der Waals surface area contributed by atoms with E-state index in [-0.39, 0.29) is 12.5 Å². The van der Waals surface area contributed by atoms with Crippen LogP contribution in [0.4, 0.5) is 5.69 Å². The highest BCUT2D eigenvalue weighted by Crippen LogP contribution is 2.26. The van der Waals surface area contributed by atoms with Crippen LogP contribution in [0.1, 0.15) is 19.3 Å². The van der Waals surface area contributed by atoms with Gasteiger partial charge < -0.3 is 10.4 Å². The summed E-state index contributed by atoms with van der Waals surface area (Å²) < 4.78 is 0. The summed E-state index contributed by atoms with van der Waals surface area (Å²) in [4.78, 5) is 14.0. The smallest absolute Gasteiger partial charge is 0.225 e. The monoisotopic (exact) mass is 282 g/mol. The van der Waals surface area contributed by atoms with Gasteiger partial charge in [0.25, 0.3) is 0 Å². The van der Waals surface area contributed by atoms with Crippen molar-refractivity contribution < 1.29 is 9.90 Å². The maximum absolute atomic E-state index is 11.8. The molecule has 1 amide bonds. The van der Waals surface area contributed by atoms with Gasteiger partial charge in [0.2, 0.25) is 5.91 Å². The Kier molecular flexibility index (Phi) is 5.19. The summed E-state index contributed by atoms with van der Waals surface area (Å²) in [5, 5.41) is 12.4. The molecule has 0 heterocycles. The normalized spacial score (nSPS) is 14.7. The first-order valence-corrected chi connectivity index (χ1v) is 6.97. The molecule has 1 fully saturated rings. The van der Waals surface area contributed by atoms with Crippen LogP contribution in [-0.2, 0) is 4.79 Å². The van der Waals surface area contributed by atoms with Gasteiger partial charge in [0.15, 0.2) is 0 Å². The Morgan fingerprint density at radius 2 is 2.21 bits per heavy atom. The van der Waals surface area contributed by atoms with Gasteiger partial charge in [0.05, 0.1) is 6.61 Å². The van der Waals surface area contributed by atoms with Crippen LogP contribution in [0.15, 0.2) is 24.3 Å². The van der Waals surface area contributed by atoms with E-state index in [0.29, 0.717) is 30.6 Å². The Morgan fingerprint density at radius 3 is 2.84 bits per heavy atom. The molecule has 2 N–H and O–H groups in total. The topological polar surface area (TPSA) is 52.6 Å². The fourth-order valence-corrected chi connectivity index (χ4v) is 2.27. The number of amides is 1. The van der Waals surface area contributed by atoms with E-state index in [1.165, 1.54) is 12.8 Å². The zero-order valence-corrected chi connectivity index (χ0v) is 11.6. The van der Waals surface area contributed by atoms with Gasteiger partial charge in [0, 0.05) is 36.3 Å². The van der Waals surface area contributed by atoms with E-state index in [0.717, 1.165) is 5.69 Å². The first-order valence-electron chi connectivity index (χ1n) is 6.59. The molecule has 0 atom stereocenters. The Balaban J connectivity index is 1.77. The van der Waals surface area contributed by atoms with Gasteiger partial charge in [-0.3, -0.25) is 9.69 Å². The van der Waals surface area contributed by atoms with Crippen molar-refractivity contribution in [3.8, 4) is 0 Å². The highest BCUT2D eigenvalue weighted by molar-refractivity contribution is 6.30. The van der Waals surface area contributed by atoms with Crippen molar-refractivity contribution in [3.05, 3.63) is 29.3 Å². The number of hydrogen-bond acceptors (Lipinski definition) is 3. The second-order valence-electron chi connectivity index (χ2n) is 4.80. The van der Waals surface area contributed by atoms with E-state index in [1.54, 1.807) is 18.2 Å². The predicted octanol–water partition coefficient (Wildman–Crippen LogP) is 2.13. The third-order valence-electron chi connectivity index (χ3n) is 3.18. The van der Waals surface area contributed by atoms with E-state index in [9.17, 15) is 4.79 Å². The minimum Gasteiger partial charge on any atom is -0.395 e. The molecule has 0 unspecified atom stereocenters. The van der Waals surface area contributed by atoms with Crippen LogP contribution < -0.4 is 5.32 Å². The molecule has 1 aromatic carbocycles. The molecule has 4 nitrogen and oxygen atoms in total. The molecule has 0 aliphatic heterocycles. The van der Waals surface area contributed by atoms with Crippen molar-refractivity contribution >= 4 is 23.2 Å². The highest BCUT2D eigenvalue weighted by Gasteiger charge is 2.28. The van der Waals surface area contributed by atoms with Crippen molar-refractivity contribution in [1.29, 1.82) is 0 Å². The molecule has 1 aliphatic carbocycles. The van der Waals surface area contributed by atoms with Crippen molar-refractivity contribution in [2.45, 2.75) is 25.3 Å². The van der Waals surface area contributed by atoms with Crippen LogP contribution in [0.25, 0.3) is 0 Å². The average Bonchev–Trinajstić information content (AvgIpc) is 3.18. The molecule has 0 bridgehead atoms. The van der Waals surface area contributed by atoms with E-state index in [1.807, 2.05) is 6.07 Å². The van der Waals surface area contributed by atoms with Gasteiger partial charge >= 0.3 is 0 Å². The van der Waals surface area contributed by atoms with Crippen LogP contribution in [-0.4, -0.2) is 41.7 Å². The van der Waals surface area contributed by atoms with Crippen molar-refractivity contribution in [3.63, 3.8) is 0 Å². The van der Waals surface area contributed by atoms with E-state index >= 15 is 0 Å². The lowest BCUT2D eigenvalue weighted by Gasteiger charge is -2.20. The lowest BCUT2D eigenvalue weighted by molar-refractivity contribution is -0.116. The van der Waals surface area contributed by atoms with Crippen LogP contribution in [0, 0.1) is 0 Å². The van der Waals surface area contributed by atoms with Gasteiger partial charge in [-0.1, -0.05) is 17.7 Å². The summed E-state index contributed by atoms with van der Waals surface area (Å²) in [7, 11) is 0. The first-order chi connectivity index (χ1) is 9.19. The number of hydrogen-bond donors (Lipinski definition) is 2. The molecular formula is C14H19ClN2O2. The lowest BCUT2D eigenvalue weighted by Crippen LogP contribution is -2.32. The number of nitrogens with zero attached hydrogens (tertiary/aromatic N) is 1. The Labute approximate surface area is 118 Å². The number of carbonyl (C=O) groups excluding carboxylic acids is 1. The highest BCUT2D eigenvalue weighted by atomic mass is 35.5. The number of benzene rings is 1. The van der Waals surface area contributed by atoms with Gasteiger partial charge in [-0.2, -0.15) is 0 Å². The van der Waals surface area contributed by atoms with Crippen LogP contribution >= 0.6 is 11.6 Å². The van der Waals surface area contributed by atoms with Crippen LogP contribution in [0.3, 0.4) is 0 Å². The maximum Gasteiger partial charge on any atom is 0.225 e. The Hall–Kier alpha value is -1.10. The molecule has 1 aromatic rings. The molecule has 0 aromatic heterocycles. The molecular weight excluding hydrogens is 264 g/mol. The van der Waals surface area contributed by atoms with Crippen molar-refractivity contribution in [2.24, 2.45) is 0 Å². The van der Waals surface area contributed by atoms with Crippen LogP contribution in [0.5, 0.6) is 0 Å². The largest absolute Gasteiger partial charge is 0.395 e. The minimum atomic E-state index is -0.0224. The molecule has 104 valence electrons. The van der Waals surface area contributed by atoms with Gasteiger partial charge in [-0.15, -0.1) is 0 Å². The number of aliphatic hydroxyl groups excluding tert-OH is 1.